The second-order valence-electron chi connectivity index (χ2n) is 6.67. The standard InChI is InChI=1S/C21H19F4NO5/c1-3-30-17(27)10-16-20(28)26-14-8-7-11(21(23,24)25)9-13(14)19(31-16)12-5-4-6-15(29-2)18(12)22/h4-9,16,19H,3,10H2,1-2H3,(H,26,28). The Bertz CT molecular complexity index is 992. The Hall–Kier alpha value is -3.14. The number of halogens is 4. The largest absolute Gasteiger partial charge is 0.494 e. The maximum Gasteiger partial charge on any atom is 0.416 e. The predicted molar refractivity (Wildman–Crippen MR) is 101 cm³/mol. The van der Waals surface area contributed by atoms with Crippen LogP contribution >= 0.6 is 0 Å². The third-order valence-corrected chi connectivity index (χ3v) is 4.66. The first kappa shape index (κ1) is 22.5. The van der Waals surface area contributed by atoms with Crippen LogP contribution in [0.25, 0.3) is 0 Å². The van der Waals surface area contributed by atoms with E-state index in [-0.39, 0.29) is 29.2 Å². The number of hydrogen-bond donors (Lipinski definition) is 1. The van der Waals surface area contributed by atoms with E-state index in [4.69, 9.17) is 14.2 Å². The van der Waals surface area contributed by atoms with Crippen LogP contribution < -0.4 is 10.1 Å². The average molecular weight is 441 g/mol. The Morgan fingerprint density at radius 3 is 2.58 bits per heavy atom. The molecular formula is C21H19F4NO5. The van der Waals surface area contributed by atoms with Gasteiger partial charge in [0.1, 0.15) is 12.2 Å². The third-order valence-electron chi connectivity index (χ3n) is 4.66. The third kappa shape index (κ3) is 4.79. The number of carbonyl (C=O) groups excluding carboxylic acids is 2. The smallest absolute Gasteiger partial charge is 0.416 e. The summed E-state index contributed by atoms with van der Waals surface area (Å²) in [7, 11) is 1.24. The Balaban J connectivity index is 2.14. The number of anilines is 1. The fraction of sp³-hybridized carbons (Fsp3) is 0.333. The van der Waals surface area contributed by atoms with Gasteiger partial charge in [-0.25, -0.2) is 4.39 Å². The zero-order chi connectivity index (χ0) is 22.8. The molecule has 1 aliphatic heterocycles. The number of fused-ring (bicyclic) bond motifs is 1. The van der Waals surface area contributed by atoms with Gasteiger partial charge in [0.15, 0.2) is 11.6 Å². The fourth-order valence-electron chi connectivity index (χ4n) is 3.22. The molecule has 1 N–H and O–H groups in total. The molecule has 0 saturated heterocycles. The molecule has 6 nitrogen and oxygen atoms in total. The van der Waals surface area contributed by atoms with E-state index in [1.54, 1.807) is 6.92 Å². The van der Waals surface area contributed by atoms with Gasteiger partial charge in [-0.1, -0.05) is 12.1 Å². The number of esters is 1. The van der Waals surface area contributed by atoms with Crippen LogP contribution in [-0.4, -0.2) is 31.7 Å². The molecule has 1 heterocycles. The van der Waals surface area contributed by atoms with Crippen LogP contribution in [0.15, 0.2) is 36.4 Å². The van der Waals surface area contributed by atoms with Crippen molar-refractivity contribution in [2.75, 3.05) is 19.0 Å². The molecule has 0 saturated carbocycles. The number of nitrogens with one attached hydrogen (secondary N) is 1. The molecule has 0 fully saturated rings. The first-order chi connectivity index (χ1) is 14.7. The minimum Gasteiger partial charge on any atom is -0.494 e. The van der Waals surface area contributed by atoms with Crippen LogP contribution in [0.1, 0.15) is 36.1 Å². The van der Waals surface area contributed by atoms with E-state index in [1.165, 1.54) is 25.3 Å². The van der Waals surface area contributed by atoms with Crippen LogP contribution in [0.5, 0.6) is 5.75 Å². The van der Waals surface area contributed by atoms with Crippen LogP contribution in [0.4, 0.5) is 23.2 Å². The summed E-state index contributed by atoms with van der Waals surface area (Å²) in [6, 6.07) is 6.73. The molecule has 2 aromatic rings. The summed E-state index contributed by atoms with van der Waals surface area (Å²) in [5, 5.41) is 2.45. The lowest BCUT2D eigenvalue weighted by Gasteiger charge is -2.23. The zero-order valence-electron chi connectivity index (χ0n) is 16.6. The van der Waals surface area contributed by atoms with Crippen LogP contribution in [0.2, 0.25) is 0 Å². The average Bonchev–Trinajstić information content (AvgIpc) is 2.84. The van der Waals surface area contributed by atoms with Crippen molar-refractivity contribution in [3.05, 3.63) is 58.9 Å². The van der Waals surface area contributed by atoms with Gasteiger partial charge in [-0.2, -0.15) is 13.2 Å². The molecule has 2 unspecified atom stereocenters. The van der Waals surface area contributed by atoms with Crippen molar-refractivity contribution in [2.24, 2.45) is 0 Å². The molecule has 1 aliphatic rings. The molecule has 0 aromatic heterocycles. The lowest BCUT2D eigenvalue weighted by atomic mass is 9.96. The van der Waals surface area contributed by atoms with Gasteiger partial charge in [0.05, 0.1) is 25.7 Å². The summed E-state index contributed by atoms with van der Waals surface area (Å²) in [5.74, 6) is -2.52. The quantitative estimate of drug-likeness (QED) is 0.555. The van der Waals surface area contributed by atoms with E-state index in [1.807, 2.05) is 0 Å². The van der Waals surface area contributed by atoms with Crippen LogP contribution in [0.3, 0.4) is 0 Å². The number of carbonyl (C=O) groups is 2. The van der Waals surface area contributed by atoms with E-state index in [0.29, 0.717) is 0 Å². The highest BCUT2D eigenvalue weighted by molar-refractivity contribution is 5.97. The van der Waals surface area contributed by atoms with Crippen molar-refractivity contribution in [3.8, 4) is 5.75 Å². The summed E-state index contributed by atoms with van der Waals surface area (Å²) in [6.07, 6.45) is -8.02. The molecular weight excluding hydrogens is 422 g/mol. The van der Waals surface area contributed by atoms with Crippen molar-refractivity contribution in [2.45, 2.75) is 31.7 Å². The number of benzene rings is 2. The number of hydrogen-bond acceptors (Lipinski definition) is 5. The monoisotopic (exact) mass is 441 g/mol. The van der Waals surface area contributed by atoms with Gasteiger partial charge >= 0.3 is 12.1 Å². The molecule has 0 aliphatic carbocycles. The molecule has 3 rings (SSSR count). The van der Waals surface area contributed by atoms with Crippen molar-refractivity contribution < 1.29 is 41.4 Å². The van der Waals surface area contributed by atoms with Gasteiger partial charge in [0.25, 0.3) is 5.91 Å². The lowest BCUT2D eigenvalue weighted by Crippen LogP contribution is -2.32. The summed E-state index contributed by atoms with van der Waals surface area (Å²) < 4.78 is 70.5. The predicted octanol–water partition coefficient (Wildman–Crippen LogP) is 4.23. The SMILES string of the molecule is CCOC(=O)CC1OC(c2cccc(OC)c2F)c2cc(C(F)(F)F)ccc2NC1=O. The molecule has 0 radical (unpaired) electrons. The fourth-order valence-corrected chi connectivity index (χ4v) is 3.22. The highest BCUT2D eigenvalue weighted by Gasteiger charge is 2.38. The highest BCUT2D eigenvalue weighted by Crippen LogP contribution is 2.41. The van der Waals surface area contributed by atoms with Gasteiger partial charge in [0.2, 0.25) is 0 Å². The molecule has 2 aromatic carbocycles. The Morgan fingerprint density at radius 1 is 1.19 bits per heavy atom. The van der Waals surface area contributed by atoms with E-state index < -0.39 is 48.1 Å². The number of amides is 1. The normalized spacial score (nSPS) is 18.6. The first-order valence-electron chi connectivity index (χ1n) is 9.31. The lowest BCUT2D eigenvalue weighted by molar-refractivity contribution is -0.150. The minimum absolute atomic E-state index is 0.0107. The molecule has 0 spiro atoms. The zero-order valence-corrected chi connectivity index (χ0v) is 16.6. The van der Waals surface area contributed by atoms with Gasteiger partial charge in [0, 0.05) is 16.8 Å². The molecule has 31 heavy (non-hydrogen) atoms. The molecule has 1 amide bonds. The summed E-state index contributed by atoms with van der Waals surface area (Å²) in [4.78, 5) is 24.5. The van der Waals surface area contributed by atoms with E-state index in [9.17, 15) is 22.8 Å². The summed E-state index contributed by atoms with van der Waals surface area (Å²) >= 11 is 0. The van der Waals surface area contributed by atoms with Crippen molar-refractivity contribution in [1.29, 1.82) is 0 Å². The maximum atomic E-state index is 15.0. The molecule has 166 valence electrons. The second kappa shape index (κ2) is 8.93. The van der Waals surface area contributed by atoms with E-state index in [0.717, 1.165) is 18.2 Å². The first-order valence-corrected chi connectivity index (χ1v) is 9.31. The van der Waals surface area contributed by atoms with Gasteiger partial charge in [-0.05, 0) is 31.2 Å². The van der Waals surface area contributed by atoms with Gasteiger partial charge in [-0.3, -0.25) is 9.59 Å². The Labute approximate surface area is 175 Å². The van der Waals surface area contributed by atoms with Crippen molar-refractivity contribution in [3.63, 3.8) is 0 Å². The van der Waals surface area contributed by atoms with E-state index >= 15 is 4.39 Å². The molecule has 10 heteroatoms. The Kier molecular flexibility index (Phi) is 6.49. The van der Waals surface area contributed by atoms with Gasteiger partial charge < -0.3 is 19.5 Å². The van der Waals surface area contributed by atoms with Crippen molar-refractivity contribution >= 4 is 17.6 Å². The minimum atomic E-state index is -4.67. The number of ether oxygens (including phenoxy) is 3. The summed E-state index contributed by atoms with van der Waals surface area (Å²) in [5.41, 5.74) is -1.25. The summed E-state index contributed by atoms with van der Waals surface area (Å²) in [6.45, 7) is 1.64. The number of rotatable bonds is 5. The maximum absolute atomic E-state index is 15.0. The van der Waals surface area contributed by atoms with Crippen LogP contribution in [-0.2, 0) is 25.2 Å². The van der Waals surface area contributed by atoms with E-state index in [2.05, 4.69) is 5.32 Å². The van der Waals surface area contributed by atoms with Gasteiger partial charge in [-0.15, -0.1) is 0 Å². The number of methoxy groups -OCH3 is 1. The Morgan fingerprint density at radius 2 is 1.94 bits per heavy atom. The topological polar surface area (TPSA) is 73.9 Å². The van der Waals surface area contributed by atoms with Crippen molar-refractivity contribution in [1.82, 2.24) is 0 Å². The highest BCUT2D eigenvalue weighted by atomic mass is 19.4. The molecule has 2 atom stereocenters. The second-order valence-corrected chi connectivity index (χ2v) is 6.67. The molecule has 0 bridgehead atoms. The van der Waals surface area contributed by atoms with Crippen LogP contribution in [0, 0.1) is 5.82 Å². The number of alkyl halides is 3.